The van der Waals surface area contributed by atoms with Crippen molar-refractivity contribution < 1.29 is 13.9 Å². The highest BCUT2D eigenvalue weighted by Gasteiger charge is 2.21. The van der Waals surface area contributed by atoms with Gasteiger partial charge in [-0.15, -0.1) is 0 Å². The van der Waals surface area contributed by atoms with Crippen LogP contribution in [0.5, 0.6) is 0 Å². The third kappa shape index (κ3) is 5.57. The molecule has 0 unspecified atom stereocenters. The Morgan fingerprint density at radius 2 is 2.00 bits per heavy atom. The van der Waals surface area contributed by atoms with Crippen molar-refractivity contribution in [3.63, 3.8) is 0 Å². The van der Waals surface area contributed by atoms with Gasteiger partial charge in [0.05, 0.1) is 18.5 Å². The number of carbonyl (C=O) groups excluding carboxylic acids is 1. The first kappa shape index (κ1) is 12.4. The normalized spacial score (nSPS) is 12.8. The molecule has 4 heteroatoms. The fourth-order valence-corrected chi connectivity index (χ4v) is 2.31. The average molecular weight is 204 g/mol. The zero-order valence-electron chi connectivity index (χ0n) is 8.69. The monoisotopic (exact) mass is 204 g/mol. The second-order valence-electron chi connectivity index (χ2n) is 4.09. The molecule has 0 amide bonds. The van der Waals surface area contributed by atoms with E-state index >= 15 is 0 Å². The van der Waals surface area contributed by atoms with Gasteiger partial charge < -0.3 is 4.74 Å². The molecule has 0 aliphatic rings. The summed E-state index contributed by atoms with van der Waals surface area (Å²) in [6.07, 6.45) is 0.371. The Bertz CT molecular complexity index is 206. The van der Waals surface area contributed by atoms with Crippen molar-refractivity contribution in [2.75, 3.05) is 6.61 Å². The Balaban J connectivity index is 4.29. The summed E-state index contributed by atoms with van der Waals surface area (Å²) < 4.78 is 17.0. The number of ether oxygens (including phenoxy) is 1. The second-order valence-corrected chi connectivity index (χ2v) is 9.57. The summed E-state index contributed by atoms with van der Waals surface area (Å²) in [5.41, 5.74) is 0.168. The highest BCUT2D eigenvalue weighted by molar-refractivity contribution is 6.77. The lowest BCUT2D eigenvalue weighted by Crippen LogP contribution is -2.23. The standard InChI is InChI=1S/C9H17FO2Si/c1-5-12-9(11)8(6-10)7-13(2,3)4/h6H,5,7H2,1-4H3/b8-6+. The molecule has 0 atom stereocenters. The molecule has 0 aliphatic carbocycles. The number of rotatable bonds is 4. The molecule has 0 rings (SSSR count). The third-order valence-electron chi connectivity index (χ3n) is 1.39. The van der Waals surface area contributed by atoms with E-state index in [-0.39, 0.29) is 5.57 Å². The molecule has 13 heavy (non-hydrogen) atoms. The van der Waals surface area contributed by atoms with Crippen molar-refractivity contribution >= 4 is 14.0 Å². The SMILES string of the molecule is CCOC(=O)/C(=C/F)C[Si](C)(C)C. The van der Waals surface area contributed by atoms with E-state index in [1.807, 2.05) is 0 Å². The van der Waals surface area contributed by atoms with Crippen LogP contribution in [0.3, 0.4) is 0 Å². The maximum atomic E-state index is 12.3. The lowest BCUT2D eigenvalue weighted by atomic mass is 10.3. The molecular weight excluding hydrogens is 187 g/mol. The minimum Gasteiger partial charge on any atom is -0.463 e. The molecule has 0 saturated carbocycles. The number of hydrogen-bond acceptors (Lipinski definition) is 2. The summed E-state index contributed by atoms with van der Waals surface area (Å²) in [5.74, 6) is -0.521. The molecule has 0 bridgehead atoms. The average Bonchev–Trinajstić information content (AvgIpc) is 1.99. The van der Waals surface area contributed by atoms with E-state index in [0.29, 0.717) is 19.0 Å². The quantitative estimate of drug-likeness (QED) is 0.400. The second kappa shape index (κ2) is 5.17. The van der Waals surface area contributed by atoms with Crippen LogP contribution in [0, 0.1) is 0 Å². The van der Waals surface area contributed by atoms with Crippen molar-refractivity contribution in [1.82, 2.24) is 0 Å². The zero-order chi connectivity index (χ0) is 10.5. The van der Waals surface area contributed by atoms with Crippen molar-refractivity contribution in [1.29, 1.82) is 0 Å². The molecule has 0 aromatic carbocycles. The highest BCUT2D eigenvalue weighted by atomic mass is 28.3. The fraction of sp³-hybridized carbons (Fsp3) is 0.667. The number of carbonyl (C=O) groups is 1. The van der Waals surface area contributed by atoms with Gasteiger partial charge in [-0.2, -0.15) is 0 Å². The molecular formula is C9H17FO2Si. The molecule has 0 heterocycles. The summed E-state index contributed by atoms with van der Waals surface area (Å²) in [5, 5.41) is 0. The van der Waals surface area contributed by atoms with Gasteiger partial charge in [0.25, 0.3) is 0 Å². The third-order valence-corrected chi connectivity index (χ3v) is 2.83. The summed E-state index contributed by atoms with van der Waals surface area (Å²) in [7, 11) is -1.44. The fourth-order valence-electron chi connectivity index (χ4n) is 0.950. The van der Waals surface area contributed by atoms with Crippen molar-refractivity contribution in [3.05, 3.63) is 11.9 Å². The molecule has 0 fully saturated rings. The van der Waals surface area contributed by atoms with Crippen molar-refractivity contribution in [2.24, 2.45) is 0 Å². The van der Waals surface area contributed by atoms with Crippen LogP contribution in [0.2, 0.25) is 25.7 Å². The Hall–Kier alpha value is -0.643. The van der Waals surface area contributed by atoms with Gasteiger partial charge in [0, 0.05) is 8.07 Å². The van der Waals surface area contributed by atoms with Crippen LogP contribution in [0.25, 0.3) is 0 Å². The van der Waals surface area contributed by atoms with Gasteiger partial charge >= 0.3 is 5.97 Å². The Morgan fingerprint density at radius 3 is 2.31 bits per heavy atom. The molecule has 2 nitrogen and oxygen atoms in total. The summed E-state index contributed by atoms with van der Waals surface area (Å²) >= 11 is 0. The minimum atomic E-state index is -1.44. The van der Waals surface area contributed by atoms with Crippen molar-refractivity contribution in [2.45, 2.75) is 32.6 Å². The van der Waals surface area contributed by atoms with Gasteiger partial charge in [0.15, 0.2) is 0 Å². The number of esters is 1. The van der Waals surface area contributed by atoms with E-state index < -0.39 is 14.0 Å². The highest BCUT2D eigenvalue weighted by Crippen LogP contribution is 2.17. The minimum absolute atomic E-state index is 0.168. The molecule has 0 N–H and O–H groups in total. The van der Waals surface area contributed by atoms with Crippen LogP contribution in [-0.2, 0) is 9.53 Å². The van der Waals surface area contributed by atoms with Crippen LogP contribution < -0.4 is 0 Å². The first-order valence-corrected chi connectivity index (χ1v) is 8.08. The topological polar surface area (TPSA) is 26.3 Å². The summed E-state index contributed by atoms with van der Waals surface area (Å²) in [6, 6.07) is 0.530. The first-order valence-electron chi connectivity index (χ1n) is 4.37. The molecule has 76 valence electrons. The largest absolute Gasteiger partial charge is 0.463 e. The van der Waals surface area contributed by atoms with E-state index in [0.717, 1.165) is 0 Å². The van der Waals surface area contributed by atoms with Crippen LogP contribution in [0.1, 0.15) is 6.92 Å². The zero-order valence-corrected chi connectivity index (χ0v) is 9.69. The van der Waals surface area contributed by atoms with E-state index in [2.05, 4.69) is 19.6 Å². The number of hydrogen-bond donors (Lipinski definition) is 0. The van der Waals surface area contributed by atoms with E-state index in [1.165, 1.54) is 0 Å². The Labute approximate surface area is 79.8 Å². The van der Waals surface area contributed by atoms with E-state index in [9.17, 15) is 9.18 Å². The van der Waals surface area contributed by atoms with Gasteiger partial charge in [0.2, 0.25) is 0 Å². The summed E-state index contributed by atoms with van der Waals surface area (Å²) in [6.45, 7) is 8.24. The molecule has 0 spiro atoms. The van der Waals surface area contributed by atoms with Crippen LogP contribution >= 0.6 is 0 Å². The molecule has 0 saturated heterocycles. The molecule has 0 aliphatic heterocycles. The van der Waals surface area contributed by atoms with Crippen molar-refractivity contribution in [3.8, 4) is 0 Å². The van der Waals surface area contributed by atoms with Crippen LogP contribution in [0.4, 0.5) is 4.39 Å². The van der Waals surface area contributed by atoms with E-state index in [1.54, 1.807) is 6.92 Å². The molecule has 0 aromatic rings. The number of halogens is 1. The Kier molecular flexibility index (Phi) is 4.91. The van der Waals surface area contributed by atoms with Gasteiger partial charge in [-0.3, -0.25) is 0 Å². The lowest BCUT2D eigenvalue weighted by Gasteiger charge is -2.16. The Morgan fingerprint density at radius 1 is 1.46 bits per heavy atom. The van der Waals surface area contributed by atoms with Gasteiger partial charge in [0.1, 0.15) is 0 Å². The van der Waals surface area contributed by atoms with E-state index in [4.69, 9.17) is 4.74 Å². The summed E-state index contributed by atoms with van der Waals surface area (Å²) in [4.78, 5) is 11.1. The lowest BCUT2D eigenvalue weighted by molar-refractivity contribution is -0.138. The predicted octanol–water partition coefficient (Wildman–Crippen LogP) is 2.74. The van der Waals surface area contributed by atoms with Gasteiger partial charge in [-0.05, 0) is 13.0 Å². The van der Waals surface area contributed by atoms with Gasteiger partial charge in [-0.1, -0.05) is 19.6 Å². The van der Waals surface area contributed by atoms with Crippen LogP contribution in [0.15, 0.2) is 11.9 Å². The maximum absolute atomic E-state index is 12.3. The molecule has 0 aromatic heterocycles. The smallest absolute Gasteiger partial charge is 0.336 e. The molecule has 0 radical (unpaired) electrons. The van der Waals surface area contributed by atoms with Crippen LogP contribution in [-0.4, -0.2) is 20.7 Å². The first-order chi connectivity index (χ1) is 5.90. The van der Waals surface area contributed by atoms with Gasteiger partial charge in [-0.25, -0.2) is 9.18 Å². The predicted molar refractivity (Wildman–Crippen MR) is 54.0 cm³/mol. The maximum Gasteiger partial charge on any atom is 0.336 e.